The summed E-state index contributed by atoms with van der Waals surface area (Å²) in [6, 6.07) is 1.56. The van der Waals surface area contributed by atoms with Crippen LogP contribution < -0.4 is 16.8 Å². The predicted octanol–water partition coefficient (Wildman–Crippen LogP) is 0.585. The quantitative estimate of drug-likeness (QED) is 0.653. The van der Waals surface area contributed by atoms with Crippen LogP contribution in [0.25, 0.3) is 0 Å². The first kappa shape index (κ1) is 10.3. The Hall–Kier alpha value is -1.78. The number of nitrogens with two attached hydrogens (primary N) is 2. The Morgan fingerprint density at radius 1 is 1.64 bits per heavy atom. The highest BCUT2D eigenvalue weighted by molar-refractivity contribution is 5.98. The number of nitrogens with zero attached hydrogens (tertiary/aromatic N) is 1. The molecular weight excluding hydrogens is 180 g/mol. The van der Waals surface area contributed by atoms with Gasteiger partial charge in [-0.2, -0.15) is 0 Å². The van der Waals surface area contributed by atoms with Gasteiger partial charge >= 0.3 is 0 Å². The minimum Gasteiger partial charge on any atom is -0.397 e. The standard InChI is InChI=1S/C9H14N4O/c1-2-3-12-8-4-6(9(11)14)7(10)5-13-8/h4-5H,2-3,10H2,1H3,(H2,11,14)(H,12,13). The smallest absolute Gasteiger partial charge is 0.250 e. The second kappa shape index (κ2) is 4.45. The first-order valence-electron chi connectivity index (χ1n) is 4.44. The maximum absolute atomic E-state index is 10.9. The third-order valence-electron chi connectivity index (χ3n) is 1.76. The van der Waals surface area contributed by atoms with Crippen LogP contribution in [0.4, 0.5) is 11.5 Å². The average molecular weight is 194 g/mol. The molecule has 5 heteroatoms. The number of anilines is 2. The van der Waals surface area contributed by atoms with Crippen LogP contribution >= 0.6 is 0 Å². The molecule has 0 spiro atoms. The second-order valence-corrected chi connectivity index (χ2v) is 2.95. The van der Waals surface area contributed by atoms with Crippen LogP contribution in [-0.2, 0) is 0 Å². The minimum atomic E-state index is -0.538. The Morgan fingerprint density at radius 2 is 2.36 bits per heavy atom. The molecule has 0 bridgehead atoms. The number of amides is 1. The van der Waals surface area contributed by atoms with Gasteiger partial charge in [-0.3, -0.25) is 4.79 Å². The zero-order valence-electron chi connectivity index (χ0n) is 8.08. The van der Waals surface area contributed by atoms with Crippen molar-refractivity contribution in [3.63, 3.8) is 0 Å². The molecule has 0 fully saturated rings. The summed E-state index contributed by atoms with van der Waals surface area (Å²) in [6.45, 7) is 2.84. The summed E-state index contributed by atoms with van der Waals surface area (Å²) in [4.78, 5) is 14.9. The van der Waals surface area contributed by atoms with E-state index in [1.807, 2.05) is 6.92 Å². The molecule has 0 saturated heterocycles. The topological polar surface area (TPSA) is 94.0 Å². The minimum absolute atomic E-state index is 0.304. The van der Waals surface area contributed by atoms with Gasteiger partial charge < -0.3 is 16.8 Å². The Labute approximate surface area is 82.5 Å². The maximum atomic E-state index is 10.9. The van der Waals surface area contributed by atoms with Crippen molar-refractivity contribution in [3.8, 4) is 0 Å². The van der Waals surface area contributed by atoms with Gasteiger partial charge in [0, 0.05) is 6.54 Å². The number of carbonyl (C=O) groups is 1. The summed E-state index contributed by atoms with van der Waals surface area (Å²) in [5.74, 6) is 0.0827. The lowest BCUT2D eigenvalue weighted by Crippen LogP contribution is -2.14. The lowest BCUT2D eigenvalue weighted by Gasteiger charge is -2.06. The Kier molecular flexibility index (Phi) is 3.28. The molecule has 5 nitrogen and oxygen atoms in total. The molecule has 1 amide bonds. The summed E-state index contributed by atoms with van der Waals surface area (Å²) in [5, 5.41) is 3.04. The molecular formula is C9H14N4O. The molecule has 76 valence electrons. The fourth-order valence-corrected chi connectivity index (χ4v) is 1.03. The molecule has 0 unspecified atom stereocenters. The number of aromatic nitrogens is 1. The highest BCUT2D eigenvalue weighted by Gasteiger charge is 2.06. The molecule has 1 rings (SSSR count). The monoisotopic (exact) mass is 194 g/mol. The third-order valence-corrected chi connectivity index (χ3v) is 1.76. The van der Waals surface area contributed by atoms with Crippen LogP contribution in [0.3, 0.4) is 0 Å². The number of hydrogen-bond acceptors (Lipinski definition) is 4. The molecule has 1 aromatic heterocycles. The van der Waals surface area contributed by atoms with Gasteiger partial charge in [0.25, 0.3) is 5.91 Å². The number of nitrogen functional groups attached to an aromatic ring is 1. The zero-order chi connectivity index (χ0) is 10.6. The molecule has 0 saturated carbocycles. The molecule has 1 heterocycles. The van der Waals surface area contributed by atoms with E-state index >= 15 is 0 Å². The fourth-order valence-electron chi connectivity index (χ4n) is 1.03. The van der Waals surface area contributed by atoms with E-state index < -0.39 is 5.91 Å². The van der Waals surface area contributed by atoms with Crippen molar-refractivity contribution in [1.29, 1.82) is 0 Å². The normalized spacial score (nSPS) is 9.79. The van der Waals surface area contributed by atoms with Crippen molar-refractivity contribution < 1.29 is 4.79 Å². The number of carbonyl (C=O) groups excluding carboxylic acids is 1. The van der Waals surface area contributed by atoms with Crippen LogP contribution in [0.5, 0.6) is 0 Å². The highest BCUT2D eigenvalue weighted by atomic mass is 16.1. The molecule has 14 heavy (non-hydrogen) atoms. The number of nitrogens with one attached hydrogen (secondary N) is 1. The van der Waals surface area contributed by atoms with Gasteiger partial charge in [0.1, 0.15) is 5.82 Å². The van der Waals surface area contributed by atoms with E-state index in [4.69, 9.17) is 11.5 Å². The van der Waals surface area contributed by atoms with E-state index in [0.29, 0.717) is 17.1 Å². The van der Waals surface area contributed by atoms with Crippen molar-refractivity contribution in [2.45, 2.75) is 13.3 Å². The Morgan fingerprint density at radius 3 is 2.93 bits per heavy atom. The van der Waals surface area contributed by atoms with Crippen molar-refractivity contribution in [1.82, 2.24) is 4.98 Å². The van der Waals surface area contributed by atoms with Crippen LogP contribution in [0.1, 0.15) is 23.7 Å². The Bertz CT molecular complexity index is 338. The van der Waals surface area contributed by atoms with E-state index in [-0.39, 0.29) is 0 Å². The predicted molar refractivity (Wildman–Crippen MR) is 55.9 cm³/mol. The summed E-state index contributed by atoms with van der Waals surface area (Å²) < 4.78 is 0. The van der Waals surface area contributed by atoms with Crippen molar-refractivity contribution in [3.05, 3.63) is 17.8 Å². The van der Waals surface area contributed by atoms with E-state index in [9.17, 15) is 4.79 Å². The molecule has 0 radical (unpaired) electrons. The van der Waals surface area contributed by atoms with E-state index in [2.05, 4.69) is 10.3 Å². The number of pyridine rings is 1. The zero-order valence-corrected chi connectivity index (χ0v) is 8.08. The molecule has 1 aromatic rings. The largest absolute Gasteiger partial charge is 0.397 e. The lowest BCUT2D eigenvalue weighted by molar-refractivity contribution is 0.100. The van der Waals surface area contributed by atoms with Crippen molar-refractivity contribution in [2.24, 2.45) is 5.73 Å². The molecule has 0 aliphatic heterocycles. The summed E-state index contributed by atoms with van der Waals surface area (Å²) in [7, 11) is 0. The first-order chi connectivity index (χ1) is 6.65. The van der Waals surface area contributed by atoms with Gasteiger partial charge in [-0.05, 0) is 12.5 Å². The number of rotatable bonds is 4. The first-order valence-corrected chi connectivity index (χ1v) is 4.44. The van der Waals surface area contributed by atoms with Crippen molar-refractivity contribution >= 4 is 17.4 Å². The van der Waals surface area contributed by atoms with Gasteiger partial charge in [-0.1, -0.05) is 6.92 Å². The van der Waals surface area contributed by atoms with Gasteiger partial charge in [0.05, 0.1) is 17.4 Å². The molecule has 0 atom stereocenters. The molecule has 0 aromatic carbocycles. The second-order valence-electron chi connectivity index (χ2n) is 2.95. The molecule has 0 aliphatic carbocycles. The summed E-state index contributed by atoms with van der Waals surface area (Å²) in [5.41, 5.74) is 11.3. The van der Waals surface area contributed by atoms with Crippen LogP contribution in [-0.4, -0.2) is 17.4 Å². The SMILES string of the molecule is CCCNc1cc(C(N)=O)c(N)cn1. The van der Waals surface area contributed by atoms with Gasteiger partial charge in [-0.25, -0.2) is 4.98 Å². The number of hydrogen-bond donors (Lipinski definition) is 3. The van der Waals surface area contributed by atoms with Crippen LogP contribution in [0, 0.1) is 0 Å². The highest BCUT2D eigenvalue weighted by Crippen LogP contribution is 2.13. The van der Waals surface area contributed by atoms with E-state index in [1.165, 1.54) is 6.20 Å². The average Bonchev–Trinajstić information content (AvgIpc) is 2.16. The maximum Gasteiger partial charge on any atom is 0.250 e. The third kappa shape index (κ3) is 2.35. The van der Waals surface area contributed by atoms with Crippen molar-refractivity contribution in [2.75, 3.05) is 17.6 Å². The van der Waals surface area contributed by atoms with Crippen LogP contribution in [0.15, 0.2) is 12.3 Å². The van der Waals surface area contributed by atoms with E-state index in [1.54, 1.807) is 6.07 Å². The summed E-state index contributed by atoms with van der Waals surface area (Å²) in [6.07, 6.45) is 2.41. The van der Waals surface area contributed by atoms with Gasteiger partial charge in [-0.15, -0.1) is 0 Å². The summed E-state index contributed by atoms with van der Waals surface area (Å²) >= 11 is 0. The Balaban J connectivity index is 2.89. The van der Waals surface area contributed by atoms with Gasteiger partial charge in [0.2, 0.25) is 0 Å². The lowest BCUT2D eigenvalue weighted by atomic mass is 10.2. The van der Waals surface area contributed by atoms with E-state index in [0.717, 1.165) is 13.0 Å². The fraction of sp³-hybridized carbons (Fsp3) is 0.333. The number of primary amides is 1. The molecule has 5 N–H and O–H groups in total. The van der Waals surface area contributed by atoms with Gasteiger partial charge in [0.15, 0.2) is 0 Å². The molecule has 0 aliphatic rings. The van der Waals surface area contributed by atoms with Crippen LogP contribution in [0.2, 0.25) is 0 Å².